The molecular weight excluding hydrogens is 1020 g/mol. The molecule has 0 saturated carbocycles. The standard InChI is InChI=1S/C77H134O6/c1-4-7-10-13-16-18-20-22-24-26-28-30-32-34-36-37-38-39-40-42-43-45-47-49-51-53-55-57-59-61-64-67-70-76(79)82-73-74(72-81-75(78)69-66-63-15-12-9-6-3)83-77(80)71-68-65-62-60-58-56-54-52-50-48-46-44-41-35-33-31-29-27-25-23-21-19-17-14-11-8-5-2/h8,11,17,19,23,25,29,31,35,41,46,48,52,54,58,60,74H,4-7,9-10,12-16,18,20-22,24,26-28,30,32-34,36-40,42-45,47,49-51,53,55-57,59,61-73H2,1-3H3/b11-8-,19-17-,25-23-,31-29-,41-35-,48-46-,54-52-,60-58-. The molecule has 0 aromatic heterocycles. The number of hydrogen-bond donors (Lipinski definition) is 0. The van der Waals surface area contributed by atoms with E-state index in [2.05, 4.69) is 118 Å². The van der Waals surface area contributed by atoms with Gasteiger partial charge in [0, 0.05) is 19.3 Å². The Hall–Kier alpha value is -3.67. The topological polar surface area (TPSA) is 78.9 Å². The van der Waals surface area contributed by atoms with Gasteiger partial charge in [-0.1, -0.05) is 349 Å². The first-order chi connectivity index (χ1) is 41.0. The Balaban J connectivity index is 4.06. The maximum absolute atomic E-state index is 12.9. The zero-order chi connectivity index (χ0) is 59.9. The van der Waals surface area contributed by atoms with Crippen molar-refractivity contribution in [3.05, 3.63) is 97.2 Å². The second-order valence-electron chi connectivity index (χ2n) is 23.8. The average Bonchev–Trinajstić information content (AvgIpc) is 3.48. The number of ether oxygens (including phenoxy) is 3. The van der Waals surface area contributed by atoms with Gasteiger partial charge in [-0.05, 0) is 83.5 Å². The van der Waals surface area contributed by atoms with Crippen LogP contribution in [0.3, 0.4) is 0 Å². The van der Waals surface area contributed by atoms with E-state index in [1.807, 2.05) is 0 Å². The summed E-state index contributed by atoms with van der Waals surface area (Å²) in [6, 6.07) is 0. The van der Waals surface area contributed by atoms with Gasteiger partial charge in [-0.2, -0.15) is 0 Å². The molecule has 83 heavy (non-hydrogen) atoms. The highest BCUT2D eigenvalue weighted by atomic mass is 16.6. The van der Waals surface area contributed by atoms with Gasteiger partial charge in [-0.3, -0.25) is 14.4 Å². The first kappa shape index (κ1) is 79.3. The molecule has 478 valence electrons. The monoisotopic (exact) mass is 1160 g/mol. The SMILES string of the molecule is CC/C=C\C/C=C\C/C=C\C/C=C\C/C=C\C/C=C\C/C=C\C/C=C\CCCCC(=O)OC(COC(=O)CCCCCCCC)COC(=O)CCCCCCCCCCCCCCCCCCCCCCCCCCCCCCCCCC. The van der Waals surface area contributed by atoms with E-state index in [-0.39, 0.29) is 37.5 Å². The summed E-state index contributed by atoms with van der Waals surface area (Å²) in [4.78, 5) is 38.1. The van der Waals surface area contributed by atoms with E-state index in [1.54, 1.807) is 0 Å². The fourth-order valence-electron chi connectivity index (χ4n) is 10.3. The van der Waals surface area contributed by atoms with Gasteiger partial charge in [-0.25, -0.2) is 0 Å². The number of carbonyl (C=O) groups is 3. The summed E-state index contributed by atoms with van der Waals surface area (Å²) in [7, 11) is 0. The summed E-state index contributed by atoms with van der Waals surface area (Å²) in [6.07, 6.45) is 96.4. The van der Waals surface area contributed by atoms with Crippen LogP contribution in [0.25, 0.3) is 0 Å². The van der Waals surface area contributed by atoms with E-state index in [9.17, 15) is 14.4 Å². The lowest BCUT2D eigenvalue weighted by Gasteiger charge is -2.18. The lowest BCUT2D eigenvalue weighted by atomic mass is 10.0. The summed E-state index contributed by atoms with van der Waals surface area (Å²) in [5.41, 5.74) is 0. The van der Waals surface area contributed by atoms with Crippen molar-refractivity contribution in [3.8, 4) is 0 Å². The smallest absolute Gasteiger partial charge is 0.306 e. The van der Waals surface area contributed by atoms with Crippen molar-refractivity contribution in [1.29, 1.82) is 0 Å². The molecule has 0 N–H and O–H groups in total. The van der Waals surface area contributed by atoms with Crippen LogP contribution in [0.1, 0.15) is 355 Å². The molecule has 0 rings (SSSR count). The van der Waals surface area contributed by atoms with E-state index >= 15 is 0 Å². The van der Waals surface area contributed by atoms with Crippen LogP contribution in [0, 0.1) is 0 Å². The Bertz CT molecular complexity index is 1610. The molecule has 0 bridgehead atoms. The zero-order valence-electron chi connectivity index (χ0n) is 54.9. The first-order valence-electron chi connectivity index (χ1n) is 35.7. The van der Waals surface area contributed by atoms with Crippen LogP contribution in [-0.2, 0) is 28.6 Å². The van der Waals surface area contributed by atoms with Crippen molar-refractivity contribution in [3.63, 3.8) is 0 Å². The molecule has 6 heteroatoms. The molecule has 0 aliphatic rings. The number of allylic oxidation sites excluding steroid dienone is 16. The third-order valence-corrected chi connectivity index (χ3v) is 15.6. The average molecular weight is 1160 g/mol. The van der Waals surface area contributed by atoms with Crippen LogP contribution in [-0.4, -0.2) is 37.2 Å². The van der Waals surface area contributed by atoms with Gasteiger partial charge in [0.05, 0.1) is 0 Å². The van der Waals surface area contributed by atoms with E-state index in [0.29, 0.717) is 19.3 Å². The third-order valence-electron chi connectivity index (χ3n) is 15.6. The van der Waals surface area contributed by atoms with Gasteiger partial charge in [0.2, 0.25) is 0 Å². The summed E-state index contributed by atoms with van der Waals surface area (Å²) in [6.45, 7) is 6.47. The fraction of sp³-hybridized carbons (Fsp3) is 0.753. The lowest BCUT2D eigenvalue weighted by Crippen LogP contribution is -2.30. The van der Waals surface area contributed by atoms with E-state index in [1.165, 1.54) is 205 Å². The number of unbranched alkanes of at least 4 members (excludes halogenated alkanes) is 38. The minimum atomic E-state index is -0.798. The Morgan fingerprint density at radius 1 is 0.253 bits per heavy atom. The number of esters is 3. The zero-order valence-corrected chi connectivity index (χ0v) is 54.9. The molecule has 0 aromatic carbocycles. The van der Waals surface area contributed by atoms with Gasteiger partial charge < -0.3 is 14.2 Å². The Morgan fingerprint density at radius 3 is 0.735 bits per heavy atom. The number of rotatable bonds is 65. The van der Waals surface area contributed by atoms with Crippen LogP contribution in [0.2, 0.25) is 0 Å². The Morgan fingerprint density at radius 2 is 0.470 bits per heavy atom. The second kappa shape index (κ2) is 70.8. The summed E-state index contributed by atoms with van der Waals surface area (Å²) < 4.78 is 16.8. The summed E-state index contributed by atoms with van der Waals surface area (Å²) in [5.74, 6) is -0.935. The molecule has 0 spiro atoms. The highest BCUT2D eigenvalue weighted by molar-refractivity contribution is 5.71. The molecule has 0 amide bonds. The molecule has 0 heterocycles. The van der Waals surface area contributed by atoms with Crippen molar-refractivity contribution in [2.24, 2.45) is 0 Å². The second-order valence-corrected chi connectivity index (χ2v) is 23.8. The molecule has 1 atom stereocenters. The molecule has 6 nitrogen and oxygen atoms in total. The van der Waals surface area contributed by atoms with Crippen LogP contribution >= 0.6 is 0 Å². The highest BCUT2D eigenvalue weighted by Crippen LogP contribution is 2.18. The van der Waals surface area contributed by atoms with E-state index in [0.717, 1.165) is 103 Å². The van der Waals surface area contributed by atoms with E-state index in [4.69, 9.17) is 14.2 Å². The quantitative estimate of drug-likeness (QED) is 0.0261. The van der Waals surface area contributed by atoms with Crippen LogP contribution in [0.4, 0.5) is 0 Å². The first-order valence-corrected chi connectivity index (χ1v) is 35.7. The minimum Gasteiger partial charge on any atom is -0.462 e. The van der Waals surface area contributed by atoms with Crippen molar-refractivity contribution in [2.75, 3.05) is 13.2 Å². The van der Waals surface area contributed by atoms with Gasteiger partial charge >= 0.3 is 17.9 Å². The third kappa shape index (κ3) is 69.0. The molecule has 0 fully saturated rings. The molecule has 0 aliphatic carbocycles. The molecule has 1 unspecified atom stereocenters. The number of hydrogen-bond acceptors (Lipinski definition) is 6. The maximum Gasteiger partial charge on any atom is 0.306 e. The fourth-order valence-corrected chi connectivity index (χ4v) is 10.3. The maximum atomic E-state index is 12.9. The van der Waals surface area contributed by atoms with Gasteiger partial charge in [0.25, 0.3) is 0 Å². The minimum absolute atomic E-state index is 0.0924. The van der Waals surface area contributed by atoms with E-state index < -0.39 is 6.10 Å². The largest absolute Gasteiger partial charge is 0.462 e. The Kier molecular flexibility index (Phi) is 67.7. The molecule has 0 aliphatic heterocycles. The number of carbonyl (C=O) groups excluding carboxylic acids is 3. The summed E-state index contributed by atoms with van der Waals surface area (Å²) in [5, 5.41) is 0. The van der Waals surface area contributed by atoms with Crippen molar-refractivity contribution in [2.45, 2.75) is 361 Å². The normalized spacial score (nSPS) is 12.7. The molecule has 0 aromatic rings. The molecular formula is C77H134O6. The van der Waals surface area contributed by atoms with Gasteiger partial charge in [-0.15, -0.1) is 0 Å². The van der Waals surface area contributed by atoms with Gasteiger partial charge in [0.15, 0.2) is 6.10 Å². The predicted molar refractivity (Wildman–Crippen MR) is 362 cm³/mol. The Labute approximate surface area is 515 Å². The van der Waals surface area contributed by atoms with Crippen LogP contribution in [0.5, 0.6) is 0 Å². The molecule has 0 radical (unpaired) electrons. The van der Waals surface area contributed by atoms with Crippen molar-refractivity contribution < 1.29 is 28.6 Å². The van der Waals surface area contributed by atoms with Crippen LogP contribution in [0.15, 0.2) is 97.2 Å². The van der Waals surface area contributed by atoms with Gasteiger partial charge in [0.1, 0.15) is 13.2 Å². The predicted octanol–water partition coefficient (Wildman–Crippen LogP) is 24.8. The lowest BCUT2D eigenvalue weighted by molar-refractivity contribution is -0.167. The molecule has 0 saturated heterocycles. The summed E-state index contributed by atoms with van der Waals surface area (Å²) >= 11 is 0. The van der Waals surface area contributed by atoms with Crippen LogP contribution < -0.4 is 0 Å². The van der Waals surface area contributed by atoms with Crippen molar-refractivity contribution in [1.82, 2.24) is 0 Å². The highest BCUT2D eigenvalue weighted by Gasteiger charge is 2.19. The van der Waals surface area contributed by atoms with Crippen molar-refractivity contribution >= 4 is 17.9 Å².